The lowest BCUT2D eigenvalue weighted by Crippen LogP contribution is -2.47. The number of morpholine rings is 1. The van der Waals surface area contributed by atoms with Gasteiger partial charge >= 0.3 is 12.4 Å². The number of ether oxygens (including phenoxy) is 2. The Morgan fingerprint density at radius 3 is 2.50 bits per heavy atom. The maximum absolute atomic E-state index is 11.7. The highest BCUT2D eigenvalue weighted by molar-refractivity contribution is 5.74. The van der Waals surface area contributed by atoms with Crippen molar-refractivity contribution in [3.8, 4) is 0 Å². The number of alkyl halides is 3. The smallest absolute Gasteiger partial charge is 0.378 e. The SMILES string of the molecule is O=NN(CCOC(F)(F)F)C(=O)N1CCOCC1. The molecule has 0 radical (unpaired) electrons. The second-order valence-electron chi connectivity index (χ2n) is 3.38. The summed E-state index contributed by atoms with van der Waals surface area (Å²) in [6.07, 6.45) is -4.80. The fourth-order valence-corrected chi connectivity index (χ4v) is 1.34. The number of nitroso groups, excluding NO2 is 1. The van der Waals surface area contributed by atoms with Crippen LogP contribution in [0.1, 0.15) is 0 Å². The standard InChI is InChI=1S/C8H12F3N3O4/c9-8(10,11)18-6-3-14(12-16)7(15)13-1-4-17-5-2-13/h1-6H2. The van der Waals surface area contributed by atoms with Crippen LogP contribution in [0.25, 0.3) is 0 Å². The van der Waals surface area contributed by atoms with Crippen LogP contribution in [-0.2, 0) is 9.47 Å². The van der Waals surface area contributed by atoms with Crippen molar-refractivity contribution in [2.24, 2.45) is 5.29 Å². The molecule has 104 valence electrons. The molecule has 0 aromatic heterocycles. The fourth-order valence-electron chi connectivity index (χ4n) is 1.34. The van der Waals surface area contributed by atoms with E-state index >= 15 is 0 Å². The first kappa shape index (κ1) is 14.6. The summed E-state index contributed by atoms with van der Waals surface area (Å²) in [5.41, 5.74) is 0. The van der Waals surface area contributed by atoms with E-state index in [4.69, 9.17) is 4.74 Å². The Bertz CT molecular complexity index is 294. The predicted octanol–water partition coefficient (Wildman–Crippen LogP) is 0.958. The minimum atomic E-state index is -4.80. The number of hydrogen-bond acceptors (Lipinski definition) is 5. The molecule has 0 unspecified atom stereocenters. The summed E-state index contributed by atoms with van der Waals surface area (Å²) in [6.45, 7) is -0.227. The highest BCUT2D eigenvalue weighted by Gasteiger charge is 2.30. The molecule has 1 saturated heterocycles. The van der Waals surface area contributed by atoms with E-state index in [0.717, 1.165) is 0 Å². The number of urea groups is 1. The van der Waals surface area contributed by atoms with Crippen LogP contribution in [0.4, 0.5) is 18.0 Å². The lowest BCUT2D eigenvalue weighted by Gasteiger charge is -2.29. The average Bonchev–Trinajstić information content (AvgIpc) is 2.34. The molecule has 18 heavy (non-hydrogen) atoms. The van der Waals surface area contributed by atoms with E-state index in [0.29, 0.717) is 18.2 Å². The summed E-state index contributed by atoms with van der Waals surface area (Å²) in [6, 6.07) is -0.751. The van der Waals surface area contributed by atoms with Gasteiger partial charge in [0.05, 0.1) is 31.7 Å². The number of rotatable bonds is 4. The zero-order valence-corrected chi connectivity index (χ0v) is 9.35. The van der Waals surface area contributed by atoms with Crippen molar-refractivity contribution >= 4 is 6.03 Å². The van der Waals surface area contributed by atoms with Crippen molar-refractivity contribution in [2.75, 3.05) is 39.5 Å². The third-order valence-electron chi connectivity index (χ3n) is 2.17. The first-order valence-corrected chi connectivity index (χ1v) is 5.12. The second kappa shape index (κ2) is 6.50. The van der Waals surface area contributed by atoms with Crippen LogP contribution in [0.15, 0.2) is 5.29 Å². The molecule has 1 fully saturated rings. The van der Waals surface area contributed by atoms with Gasteiger partial charge in [0, 0.05) is 13.1 Å². The minimum absolute atomic E-state index is 0.269. The Kier molecular flexibility index (Phi) is 5.28. The van der Waals surface area contributed by atoms with Gasteiger partial charge in [-0.3, -0.25) is 4.74 Å². The first-order valence-electron chi connectivity index (χ1n) is 5.12. The molecular formula is C8H12F3N3O4. The Hall–Kier alpha value is -1.42. The van der Waals surface area contributed by atoms with Gasteiger partial charge in [0.25, 0.3) is 0 Å². The summed E-state index contributed by atoms with van der Waals surface area (Å²) in [5, 5.41) is 2.79. The zero-order valence-electron chi connectivity index (χ0n) is 9.35. The third kappa shape index (κ3) is 4.84. The maximum Gasteiger partial charge on any atom is 0.522 e. The summed E-state index contributed by atoms with van der Waals surface area (Å²) >= 11 is 0. The Balaban J connectivity index is 2.39. The van der Waals surface area contributed by atoms with E-state index in [1.807, 2.05) is 0 Å². The van der Waals surface area contributed by atoms with Crippen LogP contribution in [0.2, 0.25) is 0 Å². The van der Waals surface area contributed by atoms with E-state index in [1.54, 1.807) is 0 Å². The molecule has 0 spiro atoms. The number of carbonyl (C=O) groups excluding carboxylic acids is 1. The maximum atomic E-state index is 11.7. The molecule has 1 heterocycles. The Morgan fingerprint density at radius 1 is 1.39 bits per heavy atom. The summed E-state index contributed by atoms with van der Waals surface area (Å²) in [7, 11) is 0. The van der Waals surface area contributed by atoms with Gasteiger partial charge in [0.2, 0.25) is 0 Å². The van der Waals surface area contributed by atoms with E-state index in [9.17, 15) is 22.9 Å². The van der Waals surface area contributed by atoms with Crippen molar-refractivity contribution in [3.05, 3.63) is 4.91 Å². The zero-order chi connectivity index (χ0) is 13.6. The molecule has 0 atom stereocenters. The monoisotopic (exact) mass is 271 g/mol. The Morgan fingerprint density at radius 2 is 2.00 bits per heavy atom. The largest absolute Gasteiger partial charge is 0.522 e. The molecule has 1 aliphatic heterocycles. The van der Waals surface area contributed by atoms with E-state index < -0.39 is 25.5 Å². The lowest BCUT2D eigenvalue weighted by atomic mass is 10.4. The molecule has 1 rings (SSSR count). The minimum Gasteiger partial charge on any atom is -0.378 e. The van der Waals surface area contributed by atoms with Crippen LogP contribution in [0.3, 0.4) is 0 Å². The molecule has 7 nitrogen and oxygen atoms in total. The van der Waals surface area contributed by atoms with Gasteiger partial charge in [0.15, 0.2) is 0 Å². The van der Waals surface area contributed by atoms with E-state index in [2.05, 4.69) is 10.0 Å². The van der Waals surface area contributed by atoms with Crippen LogP contribution < -0.4 is 0 Å². The molecule has 0 bridgehead atoms. The number of hydrogen-bond donors (Lipinski definition) is 0. The van der Waals surface area contributed by atoms with Gasteiger partial charge < -0.3 is 9.64 Å². The molecule has 0 saturated carbocycles. The van der Waals surface area contributed by atoms with Gasteiger partial charge in [-0.2, -0.15) is 5.01 Å². The van der Waals surface area contributed by atoms with Crippen LogP contribution in [0.5, 0.6) is 0 Å². The summed E-state index contributed by atoms with van der Waals surface area (Å²) in [5.74, 6) is 0. The molecule has 10 heteroatoms. The lowest BCUT2D eigenvalue weighted by molar-refractivity contribution is -0.324. The highest BCUT2D eigenvalue weighted by atomic mass is 19.4. The molecule has 0 N–H and O–H groups in total. The molecule has 0 aromatic rings. The normalized spacial score (nSPS) is 16.5. The molecular weight excluding hydrogens is 259 g/mol. The van der Waals surface area contributed by atoms with Crippen LogP contribution >= 0.6 is 0 Å². The number of nitrogens with zero attached hydrogens (tertiary/aromatic N) is 3. The highest BCUT2D eigenvalue weighted by Crippen LogP contribution is 2.16. The molecule has 0 aliphatic carbocycles. The van der Waals surface area contributed by atoms with Gasteiger partial charge in [-0.15, -0.1) is 18.1 Å². The average molecular weight is 271 g/mol. The predicted molar refractivity (Wildman–Crippen MR) is 52.3 cm³/mol. The number of amides is 2. The van der Waals surface area contributed by atoms with E-state index in [1.165, 1.54) is 4.90 Å². The first-order chi connectivity index (χ1) is 8.44. The quantitative estimate of drug-likeness (QED) is 0.564. The van der Waals surface area contributed by atoms with Gasteiger partial charge in [0.1, 0.15) is 0 Å². The van der Waals surface area contributed by atoms with E-state index in [-0.39, 0.29) is 13.1 Å². The molecule has 1 aliphatic rings. The van der Waals surface area contributed by atoms with Gasteiger partial charge in [-0.25, -0.2) is 4.79 Å². The number of carbonyl (C=O) groups is 1. The van der Waals surface area contributed by atoms with Gasteiger partial charge in [-0.05, 0) is 0 Å². The van der Waals surface area contributed by atoms with Gasteiger partial charge in [-0.1, -0.05) is 0 Å². The molecule has 2 amide bonds. The van der Waals surface area contributed by atoms with Crippen LogP contribution in [0, 0.1) is 4.91 Å². The van der Waals surface area contributed by atoms with Crippen molar-refractivity contribution in [3.63, 3.8) is 0 Å². The van der Waals surface area contributed by atoms with Crippen molar-refractivity contribution in [2.45, 2.75) is 6.36 Å². The third-order valence-corrected chi connectivity index (χ3v) is 2.17. The fraction of sp³-hybridized carbons (Fsp3) is 0.875. The Labute approximate surface area is 100 Å². The summed E-state index contributed by atoms with van der Waals surface area (Å²) in [4.78, 5) is 23.3. The molecule has 0 aromatic carbocycles. The van der Waals surface area contributed by atoms with Crippen molar-refractivity contribution in [1.82, 2.24) is 9.91 Å². The van der Waals surface area contributed by atoms with Crippen LogP contribution in [-0.4, -0.2) is 61.8 Å². The second-order valence-corrected chi connectivity index (χ2v) is 3.38. The van der Waals surface area contributed by atoms with Crippen molar-refractivity contribution in [1.29, 1.82) is 0 Å². The van der Waals surface area contributed by atoms with Crippen molar-refractivity contribution < 1.29 is 27.4 Å². The summed E-state index contributed by atoms with van der Waals surface area (Å²) < 4.78 is 43.6. The number of halogens is 3. The topological polar surface area (TPSA) is 71.4 Å².